The highest BCUT2D eigenvalue weighted by molar-refractivity contribution is 9.10. The summed E-state index contributed by atoms with van der Waals surface area (Å²) in [7, 11) is 3.43. The minimum atomic E-state index is -0.295. The number of halogens is 2. The first-order chi connectivity index (χ1) is 11.8. The SMILES string of the molecule is CN(C)C(=O)Cc1ccc(NC(=O)COc2ccc(Br)cc2Cl)cc1. The van der Waals surface area contributed by atoms with E-state index in [0.29, 0.717) is 22.9 Å². The first-order valence-electron chi connectivity index (χ1n) is 7.52. The van der Waals surface area contributed by atoms with Gasteiger partial charge in [0, 0.05) is 24.3 Å². The quantitative estimate of drug-likeness (QED) is 0.767. The van der Waals surface area contributed by atoms with Crippen molar-refractivity contribution < 1.29 is 14.3 Å². The van der Waals surface area contributed by atoms with Gasteiger partial charge in [-0.05, 0) is 35.9 Å². The summed E-state index contributed by atoms with van der Waals surface area (Å²) in [6.45, 7) is -0.151. The summed E-state index contributed by atoms with van der Waals surface area (Å²) in [5, 5.41) is 3.16. The van der Waals surface area contributed by atoms with Gasteiger partial charge in [-0.2, -0.15) is 0 Å². The zero-order valence-electron chi connectivity index (χ0n) is 13.9. The molecule has 7 heteroatoms. The number of carbonyl (C=O) groups excluding carboxylic acids is 2. The van der Waals surface area contributed by atoms with Gasteiger partial charge in [-0.3, -0.25) is 9.59 Å². The smallest absolute Gasteiger partial charge is 0.262 e. The van der Waals surface area contributed by atoms with Crippen molar-refractivity contribution in [1.29, 1.82) is 0 Å². The molecule has 0 saturated heterocycles. The summed E-state index contributed by atoms with van der Waals surface area (Å²) in [6, 6.07) is 12.3. The van der Waals surface area contributed by atoms with Gasteiger partial charge in [-0.1, -0.05) is 39.7 Å². The van der Waals surface area contributed by atoms with Crippen LogP contribution in [0.15, 0.2) is 46.9 Å². The molecule has 132 valence electrons. The second-order valence-electron chi connectivity index (χ2n) is 5.57. The third-order valence-electron chi connectivity index (χ3n) is 3.34. The van der Waals surface area contributed by atoms with Gasteiger partial charge in [0.25, 0.3) is 5.91 Å². The van der Waals surface area contributed by atoms with Crippen LogP contribution in [0.25, 0.3) is 0 Å². The predicted molar refractivity (Wildman–Crippen MR) is 102 cm³/mol. The van der Waals surface area contributed by atoms with Gasteiger partial charge in [-0.15, -0.1) is 0 Å². The van der Waals surface area contributed by atoms with Crippen molar-refractivity contribution in [3.05, 3.63) is 57.5 Å². The molecule has 2 rings (SSSR count). The van der Waals surface area contributed by atoms with E-state index in [9.17, 15) is 9.59 Å². The summed E-state index contributed by atoms with van der Waals surface area (Å²) < 4.78 is 6.25. The van der Waals surface area contributed by atoms with Crippen molar-refractivity contribution in [2.24, 2.45) is 0 Å². The molecule has 0 aliphatic rings. The molecule has 0 atom stereocenters. The van der Waals surface area contributed by atoms with E-state index in [2.05, 4.69) is 21.2 Å². The first kappa shape index (κ1) is 19.3. The van der Waals surface area contributed by atoms with Gasteiger partial charge in [0.2, 0.25) is 5.91 Å². The highest BCUT2D eigenvalue weighted by Crippen LogP contribution is 2.27. The first-order valence-corrected chi connectivity index (χ1v) is 8.69. The fourth-order valence-electron chi connectivity index (χ4n) is 1.97. The van der Waals surface area contributed by atoms with E-state index in [-0.39, 0.29) is 18.4 Å². The second kappa shape index (κ2) is 8.87. The van der Waals surface area contributed by atoms with Gasteiger partial charge in [0.15, 0.2) is 6.61 Å². The fraction of sp³-hybridized carbons (Fsp3) is 0.222. The molecule has 0 aromatic heterocycles. The molecule has 0 aliphatic heterocycles. The Bertz CT molecular complexity index is 763. The van der Waals surface area contributed by atoms with Crippen LogP contribution < -0.4 is 10.1 Å². The molecule has 2 amide bonds. The number of amides is 2. The molecule has 5 nitrogen and oxygen atoms in total. The number of hydrogen-bond acceptors (Lipinski definition) is 3. The number of anilines is 1. The van der Waals surface area contributed by atoms with E-state index in [0.717, 1.165) is 10.0 Å². The van der Waals surface area contributed by atoms with E-state index in [1.807, 2.05) is 12.1 Å². The van der Waals surface area contributed by atoms with Crippen molar-refractivity contribution in [2.75, 3.05) is 26.0 Å². The molecule has 0 fully saturated rings. The Labute approximate surface area is 160 Å². The number of carbonyl (C=O) groups is 2. The van der Waals surface area contributed by atoms with Gasteiger partial charge in [-0.25, -0.2) is 0 Å². The number of hydrogen-bond donors (Lipinski definition) is 1. The van der Waals surface area contributed by atoms with Crippen LogP contribution >= 0.6 is 27.5 Å². The molecule has 25 heavy (non-hydrogen) atoms. The molecule has 2 aromatic carbocycles. The van der Waals surface area contributed by atoms with Crippen molar-refractivity contribution in [1.82, 2.24) is 4.90 Å². The number of ether oxygens (including phenoxy) is 1. The van der Waals surface area contributed by atoms with Crippen LogP contribution in [-0.4, -0.2) is 37.4 Å². The zero-order valence-corrected chi connectivity index (χ0v) is 16.2. The number of likely N-dealkylation sites (N-methyl/N-ethyl adjacent to an activating group) is 1. The van der Waals surface area contributed by atoms with Crippen molar-refractivity contribution in [3.8, 4) is 5.75 Å². The normalized spacial score (nSPS) is 10.2. The van der Waals surface area contributed by atoms with Gasteiger partial charge in [0.05, 0.1) is 11.4 Å². The maximum Gasteiger partial charge on any atom is 0.262 e. The molecular weight excluding hydrogens is 408 g/mol. The molecule has 0 radical (unpaired) electrons. The third-order valence-corrected chi connectivity index (χ3v) is 4.13. The van der Waals surface area contributed by atoms with Crippen molar-refractivity contribution in [2.45, 2.75) is 6.42 Å². The lowest BCUT2D eigenvalue weighted by Crippen LogP contribution is -2.23. The lowest BCUT2D eigenvalue weighted by Gasteiger charge is -2.11. The number of benzene rings is 2. The minimum absolute atomic E-state index is 0.0246. The van der Waals surface area contributed by atoms with Gasteiger partial charge in [0.1, 0.15) is 5.75 Å². The lowest BCUT2D eigenvalue weighted by atomic mass is 10.1. The minimum Gasteiger partial charge on any atom is -0.482 e. The molecule has 0 heterocycles. The molecule has 1 N–H and O–H groups in total. The van der Waals surface area contributed by atoms with E-state index in [4.69, 9.17) is 16.3 Å². The summed E-state index contributed by atoms with van der Waals surface area (Å²) >= 11 is 9.34. The summed E-state index contributed by atoms with van der Waals surface area (Å²) in [6.07, 6.45) is 0.326. The Morgan fingerprint density at radius 3 is 2.44 bits per heavy atom. The number of nitrogens with one attached hydrogen (secondary N) is 1. The Balaban J connectivity index is 1.87. The number of nitrogens with zero attached hydrogens (tertiary/aromatic N) is 1. The van der Waals surface area contributed by atoms with Crippen LogP contribution in [0.4, 0.5) is 5.69 Å². The molecule has 0 aliphatic carbocycles. The Kier molecular flexibility index (Phi) is 6.84. The fourth-order valence-corrected chi connectivity index (χ4v) is 2.70. The van der Waals surface area contributed by atoms with Gasteiger partial charge >= 0.3 is 0 Å². The molecule has 0 unspecified atom stereocenters. The van der Waals surface area contributed by atoms with Crippen LogP contribution in [0.3, 0.4) is 0 Å². The average Bonchev–Trinajstić information content (AvgIpc) is 2.55. The maximum atomic E-state index is 12.0. The maximum absolute atomic E-state index is 12.0. The molecule has 2 aromatic rings. The van der Waals surface area contributed by atoms with Crippen molar-refractivity contribution in [3.63, 3.8) is 0 Å². The van der Waals surface area contributed by atoms with Gasteiger partial charge < -0.3 is 15.0 Å². The van der Waals surface area contributed by atoms with E-state index >= 15 is 0 Å². The van der Waals surface area contributed by atoms with Crippen LogP contribution in [0.5, 0.6) is 5.75 Å². The predicted octanol–water partition coefficient (Wildman–Crippen LogP) is 3.75. The topological polar surface area (TPSA) is 58.6 Å². The highest BCUT2D eigenvalue weighted by atomic mass is 79.9. The highest BCUT2D eigenvalue weighted by Gasteiger charge is 2.08. The van der Waals surface area contributed by atoms with E-state index < -0.39 is 0 Å². The zero-order chi connectivity index (χ0) is 18.4. The van der Waals surface area contributed by atoms with Crippen LogP contribution in [0, 0.1) is 0 Å². The second-order valence-corrected chi connectivity index (χ2v) is 6.90. The van der Waals surface area contributed by atoms with Crippen LogP contribution in [0.2, 0.25) is 5.02 Å². The van der Waals surface area contributed by atoms with Crippen molar-refractivity contribution >= 4 is 45.0 Å². The largest absolute Gasteiger partial charge is 0.482 e. The molecule has 0 bridgehead atoms. The summed E-state index contributed by atoms with van der Waals surface area (Å²) in [5.74, 6) is 0.172. The number of rotatable bonds is 6. The Hall–Kier alpha value is -2.05. The lowest BCUT2D eigenvalue weighted by molar-refractivity contribution is -0.128. The van der Waals surface area contributed by atoms with E-state index in [1.54, 1.807) is 49.3 Å². The summed E-state index contributed by atoms with van der Waals surface area (Å²) in [4.78, 5) is 25.2. The Morgan fingerprint density at radius 1 is 1.16 bits per heavy atom. The molecule has 0 spiro atoms. The Morgan fingerprint density at radius 2 is 1.84 bits per heavy atom. The monoisotopic (exact) mass is 424 g/mol. The summed E-state index contributed by atoms with van der Waals surface area (Å²) in [5.41, 5.74) is 1.52. The molecular formula is C18H18BrClN2O3. The molecule has 0 saturated carbocycles. The average molecular weight is 426 g/mol. The third kappa shape index (κ3) is 6.07. The standard InChI is InChI=1S/C18H18BrClN2O3/c1-22(2)18(24)9-12-3-6-14(7-4-12)21-17(23)11-25-16-8-5-13(19)10-15(16)20/h3-8,10H,9,11H2,1-2H3,(H,21,23). The van der Waals surface area contributed by atoms with E-state index in [1.165, 1.54) is 0 Å². The van der Waals surface area contributed by atoms with Crippen LogP contribution in [0.1, 0.15) is 5.56 Å². The van der Waals surface area contributed by atoms with Crippen LogP contribution in [-0.2, 0) is 16.0 Å².